The van der Waals surface area contributed by atoms with E-state index < -0.39 is 0 Å². The van der Waals surface area contributed by atoms with Crippen molar-refractivity contribution in [2.75, 3.05) is 13.1 Å². The minimum atomic E-state index is -0.0655. The van der Waals surface area contributed by atoms with Crippen LogP contribution in [0, 0.1) is 12.3 Å². The molecule has 1 unspecified atom stereocenters. The minimum Gasteiger partial charge on any atom is -0.365 e. The van der Waals surface area contributed by atoms with Crippen molar-refractivity contribution in [1.29, 1.82) is 0 Å². The van der Waals surface area contributed by atoms with E-state index in [9.17, 15) is 4.79 Å². The molecule has 1 heterocycles. The normalized spacial score (nSPS) is 16.8. The number of hydrogen-bond donors (Lipinski definition) is 0. The van der Waals surface area contributed by atoms with Gasteiger partial charge in [-0.1, -0.05) is 75.4 Å². The topological polar surface area (TPSA) is 29.5 Å². The van der Waals surface area contributed by atoms with Gasteiger partial charge in [0.15, 0.2) is 0 Å². The van der Waals surface area contributed by atoms with Crippen LogP contribution in [-0.4, -0.2) is 30.0 Å². The van der Waals surface area contributed by atoms with Gasteiger partial charge in [-0.05, 0) is 41.9 Å². The lowest BCUT2D eigenvalue weighted by atomic mass is 9.91. The Bertz CT molecular complexity index is 771. The molecule has 0 bridgehead atoms. The average molecular weight is 380 g/mol. The fourth-order valence-electron chi connectivity index (χ4n) is 3.84. The predicted octanol–water partition coefficient (Wildman–Crippen LogP) is 5.53. The maximum absolute atomic E-state index is 12.5. The molecule has 0 aliphatic carbocycles. The summed E-state index contributed by atoms with van der Waals surface area (Å²) >= 11 is 0. The first-order valence-electron chi connectivity index (χ1n) is 10.4. The van der Waals surface area contributed by atoms with Gasteiger partial charge >= 0.3 is 0 Å². The van der Waals surface area contributed by atoms with Gasteiger partial charge in [-0.3, -0.25) is 4.79 Å². The molecule has 1 amide bonds. The number of amides is 1. The Kier molecular flexibility index (Phi) is 6.56. The standard InChI is InChI=1S/C25H33NO2/c1-19-10-8-9-13-22(19)24(20-11-6-5-7-12-20)28-21-14-16-26(17-15-21)23(27)18-25(2,3)4/h5-13,21,24H,14-18H2,1-4H3. The third kappa shape index (κ3) is 5.45. The lowest BCUT2D eigenvalue weighted by Crippen LogP contribution is -2.42. The van der Waals surface area contributed by atoms with Crippen LogP contribution >= 0.6 is 0 Å². The van der Waals surface area contributed by atoms with E-state index in [1.807, 2.05) is 11.0 Å². The Labute approximate surface area is 169 Å². The average Bonchev–Trinajstić information content (AvgIpc) is 2.67. The molecular formula is C25H33NO2. The van der Waals surface area contributed by atoms with Crippen molar-refractivity contribution in [2.45, 2.75) is 59.2 Å². The molecule has 0 saturated carbocycles. The number of benzene rings is 2. The number of rotatable bonds is 5. The predicted molar refractivity (Wildman–Crippen MR) is 114 cm³/mol. The summed E-state index contributed by atoms with van der Waals surface area (Å²) in [5.41, 5.74) is 3.69. The van der Waals surface area contributed by atoms with E-state index in [-0.39, 0.29) is 23.5 Å². The minimum absolute atomic E-state index is 0.0354. The zero-order chi connectivity index (χ0) is 20.1. The van der Waals surface area contributed by atoms with Gasteiger partial charge in [0.25, 0.3) is 0 Å². The molecule has 3 heteroatoms. The summed E-state index contributed by atoms with van der Waals surface area (Å²) in [6, 6.07) is 18.9. The Morgan fingerprint density at radius 1 is 1.04 bits per heavy atom. The van der Waals surface area contributed by atoms with Crippen molar-refractivity contribution in [1.82, 2.24) is 4.90 Å². The molecule has 1 atom stereocenters. The van der Waals surface area contributed by atoms with E-state index in [1.165, 1.54) is 16.7 Å². The summed E-state index contributed by atoms with van der Waals surface area (Å²) in [6.45, 7) is 10.1. The molecule has 3 nitrogen and oxygen atoms in total. The van der Waals surface area contributed by atoms with Crippen LogP contribution in [0.15, 0.2) is 54.6 Å². The van der Waals surface area contributed by atoms with Crippen LogP contribution < -0.4 is 0 Å². The molecule has 2 aromatic carbocycles. The van der Waals surface area contributed by atoms with Crippen molar-refractivity contribution in [2.24, 2.45) is 5.41 Å². The number of carbonyl (C=O) groups excluding carboxylic acids is 1. The molecule has 0 aromatic heterocycles. The lowest BCUT2D eigenvalue weighted by molar-refractivity contribution is -0.136. The van der Waals surface area contributed by atoms with Crippen LogP contribution in [0.1, 0.15) is 62.8 Å². The Morgan fingerprint density at radius 3 is 2.25 bits per heavy atom. The first kappa shape index (κ1) is 20.6. The van der Waals surface area contributed by atoms with Crippen molar-refractivity contribution in [3.05, 3.63) is 71.3 Å². The first-order valence-corrected chi connectivity index (χ1v) is 10.4. The first-order chi connectivity index (χ1) is 13.3. The van der Waals surface area contributed by atoms with Crippen LogP contribution in [0.5, 0.6) is 0 Å². The maximum Gasteiger partial charge on any atom is 0.223 e. The van der Waals surface area contributed by atoms with Crippen LogP contribution in [0.2, 0.25) is 0 Å². The second-order valence-corrected chi connectivity index (χ2v) is 9.10. The summed E-state index contributed by atoms with van der Waals surface area (Å²) in [5.74, 6) is 0.268. The second-order valence-electron chi connectivity index (χ2n) is 9.10. The van der Waals surface area contributed by atoms with Crippen LogP contribution in [-0.2, 0) is 9.53 Å². The van der Waals surface area contributed by atoms with Gasteiger partial charge in [0.2, 0.25) is 5.91 Å². The molecule has 2 aromatic rings. The zero-order valence-electron chi connectivity index (χ0n) is 17.7. The number of carbonyl (C=O) groups is 1. The number of aryl methyl sites for hydroxylation is 1. The van der Waals surface area contributed by atoms with Crippen LogP contribution in [0.4, 0.5) is 0 Å². The Balaban J connectivity index is 1.68. The summed E-state index contributed by atoms with van der Waals surface area (Å²) in [5, 5.41) is 0. The maximum atomic E-state index is 12.5. The number of likely N-dealkylation sites (tertiary alicyclic amines) is 1. The van der Waals surface area contributed by atoms with E-state index in [0.717, 1.165) is 25.9 Å². The number of hydrogen-bond acceptors (Lipinski definition) is 2. The zero-order valence-corrected chi connectivity index (χ0v) is 17.7. The molecule has 150 valence electrons. The molecule has 28 heavy (non-hydrogen) atoms. The molecule has 1 aliphatic rings. The van der Waals surface area contributed by atoms with Gasteiger partial charge in [0.1, 0.15) is 6.10 Å². The van der Waals surface area contributed by atoms with Crippen LogP contribution in [0.3, 0.4) is 0 Å². The van der Waals surface area contributed by atoms with Crippen molar-refractivity contribution >= 4 is 5.91 Å². The van der Waals surface area contributed by atoms with E-state index in [1.54, 1.807) is 0 Å². The number of piperidine rings is 1. The smallest absolute Gasteiger partial charge is 0.223 e. The summed E-state index contributed by atoms with van der Waals surface area (Å²) in [6.07, 6.45) is 2.50. The SMILES string of the molecule is Cc1ccccc1C(OC1CCN(C(=O)CC(C)(C)C)CC1)c1ccccc1. The van der Waals surface area contributed by atoms with Crippen molar-refractivity contribution in [3.8, 4) is 0 Å². The fourth-order valence-corrected chi connectivity index (χ4v) is 3.84. The highest BCUT2D eigenvalue weighted by molar-refractivity contribution is 5.76. The van der Waals surface area contributed by atoms with E-state index >= 15 is 0 Å². The number of ether oxygens (including phenoxy) is 1. The molecule has 0 radical (unpaired) electrons. The fraction of sp³-hybridized carbons (Fsp3) is 0.480. The molecule has 1 fully saturated rings. The lowest BCUT2D eigenvalue weighted by Gasteiger charge is -2.35. The number of nitrogens with zero attached hydrogens (tertiary/aromatic N) is 1. The van der Waals surface area contributed by atoms with Crippen molar-refractivity contribution in [3.63, 3.8) is 0 Å². The van der Waals surface area contributed by atoms with E-state index in [2.05, 4.69) is 76.2 Å². The Hall–Kier alpha value is -2.13. The molecular weight excluding hydrogens is 346 g/mol. The molecule has 1 saturated heterocycles. The van der Waals surface area contributed by atoms with Crippen LogP contribution in [0.25, 0.3) is 0 Å². The van der Waals surface area contributed by atoms with E-state index in [0.29, 0.717) is 6.42 Å². The highest BCUT2D eigenvalue weighted by Crippen LogP contribution is 2.32. The van der Waals surface area contributed by atoms with Gasteiger partial charge in [0, 0.05) is 19.5 Å². The Morgan fingerprint density at radius 2 is 1.64 bits per heavy atom. The molecule has 0 N–H and O–H groups in total. The summed E-state index contributed by atoms with van der Waals surface area (Å²) < 4.78 is 6.64. The van der Waals surface area contributed by atoms with Gasteiger partial charge < -0.3 is 9.64 Å². The quantitative estimate of drug-likeness (QED) is 0.684. The van der Waals surface area contributed by atoms with Gasteiger partial charge in [-0.15, -0.1) is 0 Å². The van der Waals surface area contributed by atoms with Gasteiger partial charge in [0.05, 0.1) is 6.10 Å². The van der Waals surface area contributed by atoms with Crippen molar-refractivity contribution < 1.29 is 9.53 Å². The van der Waals surface area contributed by atoms with Gasteiger partial charge in [-0.25, -0.2) is 0 Å². The third-order valence-electron chi connectivity index (χ3n) is 5.38. The highest BCUT2D eigenvalue weighted by atomic mass is 16.5. The summed E-state index contributed by atoms with van der Waals surface area (Å²) in [4.78, 5) is 14.5. The molecule has 1 aliphatic heterocycles. The second kappa shape index (κ2) is 8.91. The van der Waals surface area contributed by atoms with Gasteiger partial charge in [-0.2, -0.15) is 0 Å². The molecule has 3 rings (SSSR count). The van der Waals surface area contributed by atoms with E-state index in [4.69, 9.17) is 4.74 Å². The highest BCUT2D eigenvalue weighted by Gasteiger charge is 2.28. The summed E-state index contributed by atoms with van der Waals surface area (Å²) in [7, 11) is 0. The molecule has 0 spiro atoms. The monoisotopic (exact) mass is 379 g/mol. The largest absolute Gasteiger partial charge is 0.365 e. The third-order valence-corrected chi connectivity index (χ3v) is 5.38.